The summed E-state index contributed by atoms with van der Waals surface area (Å²) in [5.41, 5.74) is 4.07. The highest BCUT2D eigenvalue weighted by atomic mass is 16.2. The van der Waals surface area contributed by atoms with Gasteiger partial charge in [-0.25, -0.2) is 0 Å². The van der Waals surface area contributed by atoms with Crippen molar-refractivity contribution in [2.45, 2.75) is 57.9 Å². The minimum atomic E-state index is -0.403. The topological polar surface area (TPSA) is 57.8 Å². The van der Waals surface area contributed by atoms with Crippen LogP contribution in [0.2, 0.25) is 0 Å². The second-order valence-electron chi connectivity index (χ2n) is 8.11. The summed E-state index contributed by atoms with van der Waals surface area (Å²) in [5.74, 6) is 0.755. The second-order valence-corrected chi connectivity index (χ2v) is 8.11. The summed E-state index contributed by atoms with van der Waals surface area (Å²) in [6.07, 6.45) is 3.37. The predicted molar refractivity (Wildman–Crippen MR) is 93.7 cm³/mol. The molecule has 4 rings (SSSR count). The molecule has 2 saturated carbocycles. The Morgan fingerprint density at radius 3 is 2.54 bits per heavy atom. The van der Waals surface area contributed by atoms with Crippen molar-refractivity contribution in [2.24, 2.45) is 5.41 Å². The average molecular weight is 323 g/mol. The Labute approximate surface area is 143 Å². The van der Waals surface area contributed by atoms with Crippen molar-refractivity contribution in [1.82, 2.24) is 15.5 Å². The molecule has 2 aromatic rings. The molecule has 0 spiro atoms. The van der Waals surface area contributed by atoms with Gasteiger partial charge >= 0.3 is 0 Å². The summed E-state index contributed by atoms with van der Waals surface area (Å²) in [7, 11) is 0. The summed E-state index contributed by atoms with van der Waals surface area (Å²) in [5, 5.41) is 10.5. The third kappa shape index (κ3) is 2.45. The van der Waals surface area contributed by atoms with E-state index >= 15 is 0 Å². The Balaban J connectivity index is 1.49. The Morgan fingerprint density at radius 2 is 1.96 bits per heavy atom. The first-order chi connectivity index (χ1) is 11.4. The van der Waals surface area contributed by atoms with Crippen LogP contribution in [0.1, 0.15) is 61.5 Å². The fraction of sp³-hybridized carbons (Fsp3) is 0.500. The van der Waals surface area contributed by atoms with Crippen molar-refractivity contribution in [1.29, 1.82) is 0 Å². The van der Waals surface area contributed by atoms with Gasteiger partial charge in [-0.1, -0.05) is 43.7 Å². The van der Waals surface area contributed by atoms with Crippen LogP contribution in [0, 0.1) is 12.3 Å². The van der Waals surface area contributed by atoms with E-state index in [4.69, 9.17) is 0 Å². The van der Waals surface area contributed by atoms with Crippen molar-refractivity contribution >= 4 is 5.91 Å². The minimum Gasteiger partial charge on any atom is -0.350 e. The van der Waals surface area contributed by atoms with Gasteiger partial charge in [0.1, 0.15) is 0 Å². The molecule has 4 heteroatoms. The molecular formula is C20H25N3O. The molecule has 4 nitrogen and oxygen atoms in total. The summed E-state index contributed by atoms with van der Waals surface area (Å²) >= 11 is 0. The molecular weight excluding hydrogens is 298 g/mol. The highest BCUT2D eigenvalue weighted by Gasteiger charge is 2.66. The molecule has 2 aliphatic rings. The number of nitrogens with zero attached hydrogens (tertiary/aromatic N) is 1. The fourth-order valence-corrected chi connectivity index (χ4v) is 3.85. The Hall–Kier alpha value is -2.10. The van der Waals surface area contributed by atoms with E-state index < -0.39 is 5.41 Å². The lowest BCUT2D eigenvalue weighted by Crippen LogP contribution is -2.37. The quantitative estimate of drug-likeness (QED) is 0.883. The zero-order valence-corrected chi connectivity index (χ0v) is 14.6. The molecule has 1 aromatic heterocycles. The molecule has 24 heavy (non-hydrogen) atoms. The Bertz CT molecular complexity index is 770. The van der Waals surface area contributed by atoms with Crippen LogP contribution in [0.4, 0.5) is 0 Å². The van der Waals surface area contributed by atoms with E-state index in [9.17, 15) is 4.79 Å². The molecule has 0 saturated heterocycles. The third-order valence-electron chi connectivity index (χ3n) is 5.76. The van der Waals surface area contributed by atoms with Crippen LogP contribution >= 0.6 is 0 Å². The Kier molecular flexibility index (Phi) is 3.34. The van der Waals surface area contributed by atoms with E-state index in [1.54, 1.807) is 0 Å². The monoisotopic (exact) mass is 323 g/mol. The summed E-state index contributed by atoms with van der Waals surface area (Å²) < 4.78 is 0. The van der Waals surface area contributed by atoms with Crippen molar-refractivity contribution in [3.05, 3.63) is 52.8 Å². The van der Waals surface area contributed by atoms with Gasteiger partial charge in [-0.15, -0.1) is 0 Å². The number of nitrogens with one attached hydrogen (secondary N) is 2. The predicted octanol–water partition coefficient (Wildman–Crippen LogP) is 3.58. The van der Waals surface area contributed by atoms with Gasteiger partial charge in [0.05, 0.1) is 23.3 Å². The number of aromatic nitrogens is 2. The van der Waals surface area contributed by atoms with E-state index in [0.717, 1.165) is 23.4 Å². The van der Waals surface area contributed by atoms with E-state index in [2.05, 4.69) is 66.6 Å². The second kappa shape index (κ2) is 5.20. The number of carbonyl (C=O) groups excluding carboxylic acids is 1. The number of benzene rings is 1. The highest BCUT2D eigenvalue weighted by molar-refractivity contribution is 5.93. The number of amides is 1. The van der Waals surface area contributed by atoms with Gasteiger partial charge in [-0.3, -0.25) is 9.89 Å². The molecule has 0 radical (unpaired) electrons. The summed E-state index contributed by atoms with van der Waals surface area (Å²) in [6.45, 7) is 6.94. The molecule has 1 atom stereocenters. The first-order valence-corrected chi connectivity index (χ1v) is 8.82. The molecule has 126 valence electrons. The molecule has 2 fully saturated rings. The zero-order valence-electron chi connectivity index (χ0n) is 14.6. The van der Waals surface area contributed by atoms with E-state index in [1.165, 1.54) is 18.4 Å². The van der Waals surface area contributed by atoms with Crippen molar-refractivity contribution in [3.63, 3.8) is 0 Å². The number of H-pyrrole nitrogens is 1. The molecule has 0 aliphatic heterocycles. The summed E-state index contributed by atoms with van der Waals surface area (Å²) in [6, 6.07) is 10.5. The van der Waals surface area contributed by atoms with Crippen LogP contribution < -0.4 is 5.32 Å². The number of aromatic amines is 1. The van der Waals surface area contributed by atoms with Crippen molar-refractivity contribution < 1.29 is 4.79 Å². The minimum absolute atomic E-state index is 0.000496. The smallest absolute Gasteiger partial charge is 0.231 e. The van der Waals surface area contributed by atoms with Crippen LogP contribution in [0.5, 0.6) is 0 Å². The van der Waals surface area contributed by atoms with Crippen LogP contribution in [-0.2, 0) is 16.8 Å². The Morgan fingerprint density at radius 1 is 1.29 bits per heavy atom. The highest BCUT2D eigenvalue weighted by Crippen LogP contribution is 2.64. The molecule has 1 aromatic carbocycles. The SMILES string of the molecule is Cc1ccc(C2(C(=O)NCc3cc(C4CC4)n[nH]3)CC2(C)C)cc1. The van der Waals surface area contributed by atoms with E-state index in [0.29, 0.717) is 12.5 Å². The number of carbonyl (C=O) groups is 1. The van der Waals surface area contributed by atoms with Crippen LogP contribution in [0.25, 0.3) is 0 Å². The van der Waals surface area contributed by atoms with Gasteiger partial charge in [0.15, 0.2) is 0 Å². The molecule has 1 amide bonds. The zero-order chi connectivity index (χ0) is 16.9. The average Bonchev–Trinajstić information content (AvgIpc) is 3.43. The first kappa shape index (κ1) is 15.4. The first-order valence-electron chi connectivity index (χ1n) is 8.82. The van der Waals surface area contributed by atoms with Crippen LogP contribution in [0.15, 0.2) is 30.3 Å². The number of hydrogen-bond acceptors (Lipinski definition) is 2. The maximum atomic E-state index is 13.0. The summed E-state index contributed by atoms with van der Waals surface area (Å²) in [4.78, 5) is 13.0. The maximum Gasteiger partial charge on any atom is 0.231 e. The van der Waals surface area contributed by atoms with Gasteiger partial charge in [-0.05, 0) is 43.2 Å². The third-order valence-corrected chi connectivity index (χ3v) is 5.76. The number of hydrogen-bond donors (Lipinski definition) is 2. The number of aryl methyl sites for hydroxylation is 1. The van der Waals surface area contributed by atoms with Crippen LogP contribution in [-0.4, -0.2) is 16.1 Å². The lowest BCUT2D eigenvalue weighted by atomic mass is 9.86. The molecule has 1 unspecified atom stereocenters. The normalized spacial score (nSPS) is 24.6. The van der Waals surface area contributed by atoms with Gasteiger partial charge in [0.25, 0.3) is 0 Å². The molecule has 2 N–H and O–H groups in total. The van der Waals surface area contributed by atoms with Gasteiger partial charge in [0, 0.05) is 5.92 Å². The van der Waals surface area contributed by atoms with Gasteiger partial charge < -0.3 is 5.32 Å². The lowest BCUT2D eigenvalue weighted by Gasteiger charge is -2.20. The standard InChI is InChI=1S/C20H25N3O/c1-13-4-8-15(9-5-13)20(12-19(20,2)3)18(24)21-11-16-10-17(23-22-16)14-6-7-14/h4-5,8-10,14H,6-7,11-12H2,1-3H3,(H,21,24)(H,22,23). The van der Waals surface area contributed by atoms with Gasteiger partial charge in [0.2, 0.25) is 5.91 Å². The molecule has 1 heterocycles. The lowest BCUT2D eigenvalue weighted by molar-refractivity contribution is -0.124. The molecule has 2 aliphatic carbocycles. The molecule has 0 bridgehead atoms. The number of rotatable bonds is 5. The van der Waals surface area contributed by atoms with Gasteiger partial charge in [-0.2, -0.15) is 5.10 Å². The van der Waals surface area contributed by atoms with Crippen molar-refractivity contribution in [3.8, 4) is 0 Å². The largest absolute Gasteiger partial charge is 0.350 e. The van der Waals surface area contributed by atoms with Crippen LogP contribution in [0.3, 0.4) is 0 Å². The van der Waals surface area contributed by atoms with E-state index in [-0.39, 0.29) is 11.3 Å². The van der Waals surface area contributed by atoms with E-state index in [1.807, 2.05) is 0 Å². The maximum absolute atomic E-state index is 13.0. The fourth-order valence-electron chi connectivity index (χ4n) is 3.85. The van der Waals surface area contributed by atoms with Crippen molar-refractivity contribution in [2.75, 3.05) is 0 Å².